The van der Waals surface area contributed by atoms with Gasteiger partial charge >= 0.3 is 0 Å². The first-order chi connectivity index (χ1) is 7.16. The molecule has 1 saturated carbocycles. The number of nitrogens with zero attached hydrogens (tertiary/aromatic N) is 1. The van der Waals surface area contributed by atoms with E-state index in [0.717, 1.165) is 25.0 Å². The van der Waals surface area contributed by atoms with Gasteiger partial charge in [-0.1, -0.05) is 32.3 Å². The minimum absolute atomic E-state index is 0.281. The summed E-state index contributed by atoms with van der Waals surface area (Å²) < 4.78 is 0. The van der Waals surface area contributed by atoms with Crippen molar-refractivity contribution in [2.75, 3.05) is 7.05 Å². The van der Waals surface area contributed by atoms with Gasteiger partial charge in [0.2, 0.25) is 5.91 Å². The van der Waals surface area contributed by atoms with Crippen LogP contribution in [-0.2, 0) is 4.79 Å². The van der Waals surface area contributed by atoms with Crippen LogP contribution in [0.2, 0.25) is 0 Å². The predicted octanol–water partition coefficient (Wildman–Crippen LogP) is 3.34. The normalized spacial score (nSPS) is 19.0. The molecule has 0 N–H and O–H groups in total. The number of amides is 1. The van der Waals surface area contributed by atoms with Crippen molar-refractivity contribution in [2.24, 2.45) is 5.92 Å². The van der Waals surface area contributed by atoms with Crippen molar-refractivity contribution in [1.82, 2.24) is 4.90 Å². The zero-order chi connectivity index (χ0) is 11.3. The highest BCUT2D eigenvalue weighted by Crippen LogP contribution is 2.25. The third kappa shape index (κ3) is 3.37. The zero-order valence-corrected chi connectivity index (χ0v) is 10.3. The van der Waals surface area contributed by atoms with E-state index in [1.165, 1.54) is 19.3 Å². The van der Waals surface area contributed by atoms with Crippen molar-refractivity contribution in [3.63, 3.8) is 0 Å². The average Bonchev–Trinajstić information content (AvgIpc) is 2.28. The topological polar surface area (TPSA) is 20.3 Å². The molecule has 0 aromatic carbocycles. The summed E-state index contributed by atoms with van der Waals surface area (Å²) in [7, 11) is 1.90. The molecule has 0 aliphatic heterocycles. The fraction of sp³-hybridized carbons (Fsp3) is 0.769. The molecule has 0 atom stereocenters. The van der Waals surface area contributed by atoms with Crippen LogP contribution in [0.1, 0.15) is 52.4 Å². The third-order valence-electron chi connectivity index (χ3n) is 3.31. The van der Waals surface area contributed by atoms with Crippen LogP contribution in [0.15, 0.2) is 11.8 Å². The zero-order valence-electron chi connectivity index (χ0n) is 10.3. The molecule has 1 aliphatic rings. The van der Waals surface area contributed by atoms with E-state index < -0.39 is 0 Å². The summed E-state index contributed by atoms with van der Waals surface area (Å²) in [4.78, 5) is 13.9. The Hall–Kier alpha value is -0.790. The van der Waals surface area contributed by atoms with Gasteiger partial charge in [0.05, 0.1) is 0 Å². The van der Waals surface area contributed by atoms with Crippen LogP contribution in [0.3, 0.4) is 0 Å². The average molecular weight is 209 g/mol. The molecule has 0 bridgehead atoms. The predicted molar refractivity (Wildman–Crippen MR) is 63.4 cm³/mol. The standard InChI is InChI=1S/C13H23NO/c1-4-8-11(2)14(3)13(15)12-9-6-5-7-10-12/h8,12H,4-7,9-10H2,1-3H3. The van der Waals surface area contributed by atoms with Gasteiger partial charge in [0, 0.05) is 18.7 Å². The second-order valence-corrected chi connectivity index (χ2v) is 4.49. The van der Waals surface area contributed by atoms with E-state index in [2.05, 4.69) is 13.0 Å². The molecule has 0 saturated heterocycles. The van der Waals surface area contributed by atoms with Crippen LogP contribution in [0.4, 0.5) is 0 Å². The quantitative estimate of drug-likeness (QED) is 0.698. The van der Waals surface area contributed by atoms with Crippen LogP contribution in [0, 0.1) is 5.92 Å². The summed E-state index contributed by atoms with van der Waals surface area (Å²) in [6.07, 6.45) is 9.03. The second kappa shape index (κ2) is 5.94. The minimum Gasteiger partial charge on any atom is -0.320 e. The number of rotatable bonds is 3. The first-order valence-electron chi connectivity index (χ1n) is 6.11. The fourth-order valence-electron chi connectivity index (χ4n) is 2.23. The van der Waals surface area contributed by atoms with Crippen LogP contribution in [0.5, 0.6) is 0 Å². The lowest BCUT2D eigenvalue weighted by molar-refractivity contribution is -0.133. The number of carbonyl (C=O) groups excluding carboxylic acids is 1. The van der Waals surface area contributed by atoms with Crippen LogP contribution in [0.25, 0.3) is 0 Å². The van der Waals surface area contributed by atoms with Crippen LogP contribution >= 0.6 is 0 Å². The molecule has 15 heavy (non-hydrogen) atoms. The lowest BCUT2D eigenvalue weighted by atomic mass is 9.88. The summed E-state index contributed by atoms with van der Waals surface area (Å²) in [5.41, 5.74) is 1.09. The van der Waals surface area contributed by atoms with E-state index in [-0.39, 0.29) is 5.92 Å². The Morgan fingerprint density at radius 1 is 1.33 bits per heavy atom. The molecule has 0 aromatic rings. The van der Waals surface area contributed by atoms with Gasteiger partial charge in [-0.05, 0) is 26.2 Å². The van der Waals surface area contributed by atoms with E-state index in [1.54, 1.807) is 0 Å². The highest BCUT2D eigenvalue weighted by atomic mass is 16.2. The highest BCUT2D eigenvalue weighted by molar-refractivity contribution is 5.80. The van der Waals surface area contributed by atoms with Crippen LogP contribution < -0.4 is 0 Å². The van der Waals surface area contributed by atoms with Gasteiger partial charge < -0.3 is 4.90 Å². The minimum atomic E-state index is 0.281. The Morgan fingerprint density at radius 3 is 2.47 bits per heavy atom. The number of hydrogen-bond acceptors (Lipinski definition) is 1. The molecule has 0 radical (unpaired) electrons. The van der Waals surface area contributed by atoms with Gasteiger partial charge in [-0.25, -0.2) is 0 Å². The van der Waals surface area contributed by atoms with Gasteiger partial charge in [0.1, 0.15) is 0 Å². The molecular formula is C13H23NO. The molecule has 0 aromatic heterocycles. The van der Waals surface area contributed by atoms with Gasteiger partial charge in [-0.15, -0.1) is 0 Å². The van der Waals surface area contributed by atoms with Crippen LogP contribution in [-0.4, -0.2) is 17.9 Å². The SMILES string of the molecule is CCC=C(C)N(C)C(=O)C1CCCCC1. The molecule has 0 spiro atoms. The second-order valence-electron chi connectivity index (χ2n) is 4.49. The molecule has 1 amide bonds. The van der Waals surface area contributed by atoms with Crippen molar-refractivity contribution in [3.8, 4) is 0 Å². The van der Waals surface area contributed by atoms with Crippen molar-refractivity contribution in [1.29, 1.82) is 0 Å². The number of carbonyl (C=O) groups is 1. The lowest BCUT2D eigenvalue weighted by Gasteiger charge is -2.26. The Morgan fingerprint density at radius 2 is 1.93 bits per heavy atom. The molecule has 1 fully saturated rings. The Bertz CT molecular complexity index is 239. The Kier molecular flexibility index (Phi) is 4.86. The van der Waals surface area contributed by atoms with E-state index in [0.29, 0.717) is 5.91 Å². The highest BCUT2D eigenvalue weighted by Gasteiger charge is 2.24. The Balaban J connectivity index is 2.54. The van der Waals surface area contributed by atoms with Crippen molar-refractivity contribution >= 4 is 5.91 Å². The van der Waals surface area contributed by atoms with Gasteiger partial charge in [0.15, 0.2) is 0 Å². The van der Waals surface area contributed by atoms with Gasteiger partial charge in [0.25, 0.3) is 0 Å². The third-order valence-corrected chi connectivity index (χ3v) is 3.31. The Labute approximate surface area is 93.3 Å². The first kappa shape index (κ1) is 12.3. The summed E-state index contributed by atoms with van der Waals surface area (Å²) in [6.45, 7) is 4.12. The molecule has 2 nitrogen and oxygen atoms in total. The molecule has 0 heterocycles. The maximum atomic E-state index is 12.1. The summed E-state index contributed by atoms with van der Waals surface area (Å²) in [6, 6.07) is 0. The molecule has 2 heteroatoms. The molecule has 0 unspecified atom stereocenters. The van der Waals surface area contributed by atoms with Crippen molar-refractivity contribution in [2.45, 2.75) is 52.4 Å². The molecule has 86 valence electrons. The van der Waals surface area contributed by atoms with Crippen molar-refractivity contribution < 1.29 is 4.79 Å². The fourth-order valence-corrected chi connectivity index (χ4v) is 2.23. The largest absolute Gasteiger partial charge is 0.320 e. The van der Waals surface area contributed by atoms with E-state index in [9.17, 15) is 4.79 Å². The van der Waals surface area contributed by atoms with Crippen molar-refractivity contribution in [3.05, 3.63) is 11.8 Å². The smallest absolute Gasteiger partial charge is 0.229 e. The van der Waals surface area contributed by atoms with E-state index in [1.807, 2.05) is 18.9 Å². The maximum absolute atomic E-state index is 12.1. The van der Waals surface area contributed by atoms with Gasteiger partial charge in [-0.2, -0.15) is 0 Å². The number of allylic oxidation sites excluding steroid dienone is 2. The molecular weight excluding hydrogens is 186 g/mol. The number of hydrogen-bond donors (Lipinski definition) is 0. The molecule has 1 rings (SSSR count). The summed E-state index contributed by atoms with van der Waals surface area (Å²) in [5, 5.41) is 0. The summed E-state index contributed by atoms with van der Waals surface area (Å²) in [5.74, 6) is 0.598. The first-order valence-corrected chi connectivity index (χ1v) is 6.11. The monoisotopic (exact) mass is 209 g/mol. The summed E-state index contributed by atoms with van der Waals surface area (Å²) >= 11 is 0. The maximum Gasteiger partial charge on any atom is 0.229 e. The van der Waals surface area contributed by atoms with E-state index in [4.69, 9.17) is 0 Å². The molecule has 1 aliphatic carbocycles. The lowest BCUT2D eigenvalue weighted by Crippen LogP contribution is -2.32. The van der Waals surface area contributed by atoms with Gasteiger partial charge in [-0.3, -0.25) is 4.79 Å². The van der Waals surface area contributed by atoms with E-state index >= 15 is 0 Å².